The second kappa shape index (κ2) is 13.4. The molecule has 2 heterocycles. The molecule has 4 rings (SSSR count). The summed E-state index contributed by atoms with van der Waals surface area (Å²) in [4.78, 5) is 25.7. The van der Waals surface area contributed by atoms with Crippen molar-refractivity contribution in [1.29, 1.82) is 0 Å². The largest absolute Gasteiger partial charge is 0.469 e. The van der Waals surface area contributed by atoms with Crippen LogP contribution in [0.5, 0.6) is 0 Å². The quantitative estimate of drug-likeness (QED) is 0.218. The normalized spacial score (nSPS) is 10.7. The summed E-state index contributed by atoms with van der Waals surface area (Å²) in [5.74, 6) is -0.393. The van der Waals surface area contributed by atoms with E-state index in [4.69, 9.17) is 4.74 Å². The number of carbonyl (C=O) groups excluding carboxylic acids is 2. The molecule has 2 aromatic heterocycles. The zero-order chi connectivity index (χ0) is 25.0. The number of aromatic amines is 1. The molecule has 0 atom stereocenters. The van der Waals surface area contributed by atoms with E-state index in [9.17, 15) is 9.59 Å². The predicted octanol–water partition coefficient (Wildman–Crippen LogP) is 6.21. The number of aromatic nitrogens is 2. The van der Waals surface area contributed by atoms with Gasteiger partial charge in [0.05, 0.1) is 27.1 Å². The van der Waals surface area contributed by atoms with Gasteiger partial charge >= 0.3 is 11.9 Å². The fourth-order valence-electron chi connectivity index (χ4n) is 4.27. The highest BCUT2D eigenvalue weighted by molar-refractivity contribution is 5.88. The first kappa shape index (κ1) is 26.1. The minimum Gasteiger partial charge on any atom is -0.469 e. The Kier molecular flexibility index (Phi) is 9.96. The first-order chi connectivity index (χ1) is 17.1. The summed E-state index contributed by atoms with van der Waals surface area (Å²) in [6.45, 7) is 3.25. The summed E-state index contributed by atoms with van der Waals surface area (Å²) in [6.07, 6.45) is 11.0. The first-order valence-electron chi connectivity index (χ1n) is 12.3. The lowest BCUT2D eigenvalue weighted by molar-refractivity contribution is -0.140. The Bertz CT molecular complexity index is 1240. The van der Waals surface area contributed by atoms with E-state index in [2.05, 4.69) is 45.6 Å². The number of carbonyl (C=O) groups is 2. The van der Waals surface area contributed by atoms with Crippen molar-refractivity contribution >= 4 is 33.7 Å². The predicted molar refractivity (Wildman–Crippen MR) is 140 cm³/mol. The van der Waals surface area contributed by atoms with Crippen molar-refractivity contribution in [2.45, 2.75) is 58.4 Å². The number of rotatable bonds is 10. The second-order valence-electron chi connectivity index (χ2n) is 8.64. The van der Waals surface area contributed by atoms with E-state index in [-0.39, 0.29) is 11.9 Å². The molecular weight excluding hydrogens is 440 g/mol. The summed E-state index contributed by atoms with van der Waals surface area (Å²) >= 11 is 0. The van der Waals surface area contributed by atoms with Crippen LogP contribution in [0, 0.1) is 0 Å². The van der Waals surface area contributed by atoms with Crippen LogP contribution in [0.3, 0.4) is 0 Å². The third kappa shape index (κ3) is 7.22. The molecule has 4 aromatic rings. The Morgan fingerprint density at radius 1 is 0.800 bits per heavy atom. The average molecular weight is 477 g/mol. The van der Waals surface area contributed by atoms with Crippen molar-refractivity contribution in [3.05, 3.63) is 72.1 Å². The zero-order valence-corrected chi connectivity index (χ0v) is 21.0. The lowest BCUT2D eigenvalue weighted by Crippen LogP contribution is -2.04. The molecule has 2 aromatic carbocycles. The number of benzene rings is 2. The Hall–Kier alpha value is -3.54. The van der Waals surface area contributed by atoms with Crippen molar-refractivity contribution in [3.63, 3.8) is 0 Å². The highest BCUT2D eigenvalue weighted by atomic mass is 16.5. The highest BCUT2D eigenvalue weighted by Gasteiger charge is 2.11. The van der Waals surface area contributed by atoms with Crippen LogP contribution < -0.4 is 0 Å². The van der Waals surface area contributed by atoms with Gasteiger partial charge in [0.15, 0.2) is 0 Å². The minimum absolute atomic E-state index is 0.180. The molecule has 0 bridgehead atoms. The number of hydrogen-bond acceptors (Lipinski definition) is 4. The number of ether oxygens (including phenoxy) is 2. The van der Waals surface area contributed by atoms with Gasteiger partial charge in [0.1, 0.15) is 0 Å². The zero-order valence-electron chi connectivity index (χ0n) is 21.0. The van der Waals surface area contributed by atoms with Gasteiger partial charge in [-0.3, -0.25) is 9.59 Å². The van der Waals surface area contributed by atoms with Crippen LogP contribution in [0.1, 0.15) is 50.2 Å². The number of H-pyrrole nitrogens is 1. The van der Waals surface area contributed by atoms with Gasteiger partial charge in [-0.1, -0.05) is 69.0 Å². The number of esters is 2. The van der Waals surface area contributed by atoms with Gasteiger partial charge in [-0.2, -0.15) is 0 Å². The molecule has 0 spiro atoms. The van der Waals surface area contributed by atoms with E-state index in [0.717, 1.165) is 34.0 Å². The van der Waals surface area contributed by atoms with Gasteiger partial charge in [-0.15, -0.1) is 0 Å². The lowest BCUT2D eigenvalue weighted by Gasteiger charge is -2.05. The maximum atomic E-state index is 11.5. The topological polar surface area (TPSA) is 73.3 Å². The molecule has 6 nitrogen and oxygen atoms in total. The average Bonchev–Trinajstić information content (AvgIpc) is 3.45. The second-order valence-corrected chi connectivity index (χ2v) is 8.64. The van der Waals surface area contributed by atoms with Crippen LogP contribution in [0.15, 0.2) is 60.9 Å². The molecule has 0 saturated carbocycles. The lowest BCUT2D eigenvalue weighted by atomic mass is 10.1. The summed E-state index contributed by atoms with van der Waals surface area (Å²) in [5.41, 5.74) is 4.30. The Morgan fingerprint density at radius 2 is 1.43 bits per heavy atom. The van der Waals surface area contributed by atoms with Gasteiger partial charge < -0.3 is 19.0 Å². The summed E-state index contributed by atoms with van der Waals surface area (Å²) in [5, 5.41) is 2.24. The van der Waals surface area contributed by atoms with Gasteiger partial charge in [-0.25, -0.2) is 0 Å². The third-order valence-electron chi connectivity index (χ3n) is 6.17. The Morgan fingerprint density at radius 3 is 2.14 bits per heavy atom. The molecule has 1 N–H and O–H groups in total. The minimum atomic E-state index is -0.213. The van der Waals surface area contributed by atoms with Crippen molar-refractivity contribution in [2.75, 3.05) is 14.2 Å². The van der Waals surface area contributed by atoms with Crippen LogP contribution in [-0.2, 0) is 38.4 Å². The van der Waals surface area contributed by atoms with E-state index in [1.807, 2.05) is 36.5 Å². The van der Waals surface area contributed by atoms with Crippen LogP contribution in [-0.4, -0.2) is 35.7 Å². The van der Waals surface area contributed by atoms with Gasteiger partial charge in [0, 0.05) is 40.7 Å². The molecular formula is C29H36N2O4. The van der Waals surface area contributed by atoms with Crippen LogP contribution in [0.4, 0.5) is 0 Å². The van der Waals surface area contributed by atoms with Crippen molar-refractivity contribution in [3.8, 4) is 0 Å². The number of nitrogens with zero attached hydrogens (tertiary/aromatic N) is 1. The molecule has 0 fully saturated rings. The molecule has 6 heteroatoms. The fourth-order valence-corrected chi connectivity index (χ4v) is 4.27. The summed E-state index contributed by atoms with van der Waals surface area (Å²) in [6, 6.07) is 16.2. The molecule has 0 amide bonds. The number of nitrogens with one attached hydrogen (secondary N) is 1. The van der Waals surface area contributed by atoms with Crippen LogP contribution in [0.25, 0.3) is 21.8 Å². The summed E-state index contributed by atoms with van der Waals surface area (Å²) in [7, 11) is 2.84. The van der Waals surface area contributed by atoms with Crippen LogP contribution >= 0.6 is 0 Å². The molecule has 0 saturated heterocycles. The number of unbranched alkanes of at least 4 members (excludes halogenated alkanes) is 4. The van der Waals surface area contributed by atoms with Crippen molar-refractivity contribution in [1.82, 2.24) is 9.55 Å². The number of hydrogen-bond donors (Lipinski definition) is 1. The van der Waals surface area contributed by atoms with E-state index < -0.39 is 0 Å². The smallest absolute Gasteiger partial charge is 0.310 e. The molecule has 0 unspecified atom stereocenters. The number of methoxy groups -OCH3 is 2. The van der Waals surface area contributed by atoms with E-state index in [1.54, 1.807) is 0 Å². The first-order valence-corrected chi connectivity index (χ1v) is 12.3. The van der Waals surface area contributed by atoms with Gasteiger partial charge in [-0.05, 0) is 29.7 Å². The van der Waals surface area contributed by atoms with Crippen LogP contribution in [0.2, 0.25) is 0 Å². The van der Waals surface area contributed by atoms with Crippen molar-refractivity contribution < 1.29 is 19.1 Å². The van der Waals surface area contributed by atoms with Gasteiger partial charge in [0.25, 0.3) is 0 Å². The third-order valence-corrected chi connectivity index (χ3v) is 6.17. The SMILES string of the molecule is CCCCCCCn1cc(CC(=O)OC)c2ccccc21.COC(=O)Cc1c[nH]c2ccccc12. The Balaban J connectivity index is 0.000000211. The van der Waals surface area contributed by atoms with E-state index in [1.165, 1.54) is 51.8 Å². The van der Waals surface area contributed by atoms with E-state index >= 15 is 0 Å². The molecule has 35 heavy (non-hydrogen) atoms. The fraction of sp³-hybridized carbons (Fsp3) is 0.379. The molecule has 0 aliphatic heterocycles. The highest BCUT2D eigenvalue weighted by Crippen LogP contribution is 2.23. The molecule has 0 aliphatic rings. The molecule has 186 valence electrons. The standard InChI is InChI=1S/C18H25NO2.C11H11NO2/c1-3-4-5-6-9-12-19-14-15(13-18(20)21-2)16-10-7-8-11-17(16)19;1-14-11(13)6-8-7-12-10-5-3-2-4-9(8)10/h7-8,10-11,14H,3-6,9,12-13H2,1-2H3;2-5,7,12H,6H2,1H3. The summed E-state index contributed by atoms with van der Waals surface area (Å²) < 4.78 is 11.7. The molecule has 0 aliphatic carbocycles. The van der Waals surface area contributed by atoms with Crippen molar-refractivity contribution in [2.24, 2.45) is 0 Å². The molecule has 0 radical (unpaired) electrons. The number of aryl methyl sites for hydroxylation is 1. The monoisotopic (exact) mass is 476 g/mol. The van der Waals surface area contributed by atoms with E-state index in [0.29, 0.717) is 12.8 Å². The maximum Gasteiger partial charge on any atom is 0.310 e. The number of para-hydroxylation sites is 2. The Labute approximate surface area is 207 Å². The number of fused-ring (bicyclic) bond motifs is 2. The maximum absolute atomic E-state index is 11.5. The van der Waals surface area contributed by atoms with Gasteiger partial charge in [0.2, 0.25) is 0 Å².